The maximum Gasteiger partial charge on any atom is 0.407 e. The van der Waals surface area contributed by atoms with Gasteiger partial charge in [0.15, 0.2) is 5.96 Å². The van der Waals surface area contributed by atoms with Gasteiger partial charge in [-0.3, -0.25) is 4.99 Å². The molecule has 0 unspecified atom stereocenters. The molecule has 0 fully saturated rings. The minimum atomic E-state index is -0.476. The van der Waals surface area contributed by atoms with Crippen LogP contribution in [0.15, 0.2) is 4.99 Å². The molecule has 0 rings (SSSR count). The minimum Gasteiger partial charge on any atom is -0.444 e. The van der Waals surface area contributed by atoms with E-state index in [0.717, 1.165) is 38.6 Å². The highest BCUT2D eigenvalue weighted by atomic mass is 16.6. The number of carbonyl (C=O) groups is 1. The number of amides is 1. The van der Waals surface area contributed by atoms with Crippen LogP contribution in [0, 0.1) is 0 Å². The van der Waals surface area contributed by atoms with Gasteiger partial charge in [0.2, 0.25) is 0 Å². The fraction of sp³-hybridized carbons (Fsp3) is 0.867. The quantitative estimate of drug-likeness (QED) is 0.341. The van der Waals surface area contributed by atoms with Crippen molar-refractivity contribution in [1.29, 1.82) is 0 Å². The van der Waals surface area contributed by atoms with Crippen molar-refractivity contribution in [3.8, 4) is 0 Å². The zero-order chi connectivity index (χ0) is 16.8. The first-order valence-corrected chi connectivity index (χ1v) is 7.88. The van der Waals surface area contributed by atoms with E-state index in [4.69, 9.17) is 9.47 Å². The van der Waals surface area contributed by atoms with E-state index in [9.17, 15) is 4.79 Å². The molecule has 130 valence electrons. The van der Waals surface area contributed by atoms with E-state index >= 15 is 0 Å². The first kappa shape index (κ1) is 20.5. The summed E-state index contributed by atoms with van der Waals surface area (Å²) in [6.07, 6.45) is 1.64. The van der Waals surface area contributed by atoms with Gasteiger partial charge in [-0.15, -0.1) is 0 Å². The summed E-state index contributed by atoms with van der Waals surface area (Å²) in [7, 11) is 1.72. The lowest BCUT2D eigenvalue weighted by Gasteiger charge is -2.19. The van der Waals surface area contributed by atoms with Gasteiger partial charge in [-0.25, -0.2) is 4.79 Å². The smallest absolute Gasteiger partial charge is 0.407 e. The van der Waals surface area contributed by atoms with Gasteiger partial charge < -0.3 is 25.4 Å². The third-order valence-corrected chi connectivity index (χ3v) is 2.52. The number of aliphatic imine (C=N–C) groups is 1. The normalized spacial score (nSPS) is 12.0. The van der Waals surface area contributed by atoms with Gasteiger partial charge in [-0.1, -0.05) is 0 Å². The molecular weight excluding hydrogens is 284 g/mol. The number of nitrogens with zero attached hydrogens (tertiary/aromatic N) is 1. The van der Waals surface area contributed by atoms with Crippen LogP contribution in [0.25, 0.3) is 0 Å². The summed E-state index contributed by atoms with van der Waals surface area (Å²) in [5, 5.41) is 9.03. The predicted molar refractivity (Wildman–Crippen MR) is 89.3 cm³/mol. The molecule has 1 amide bonds. The van der Waals surface area contributed by atoms with Crippen LogP contribution in [0.4, 0.5) is 4.79 Å². The lowest BCUT2D eigenvalue weighted by atomic mass is 10.2. The summed E-state index contributed by atoms with van der Waals surface area (Å²) in [6, 6.07) is 0. The van der Waals surface area contributed by atoms with Crippen LogP contribution >= 0.6 is 0 Å². The predicted octanol–water partition coefficient (Wildman–Crippen LogP) is 1.49. The molecule has 3 N–H and O–H groups in total. The van der Waals surface area contributed by atoms with Crippen molar-refractivity contribution in [2.75, 3.05) is 39.9 Å². The third kappa shape index (κ3) is 13.5. The second-order valence-electron chi connectivity index (χ2n) is 5.76. The Morgan fingerprint density at radius 1 is 1.05 bits per heavy atom. The molecule has 0 saturated heterocycles. The molecule has 0 heterocycles. The van der Waals surface area contributed by atoms with Crippen LogP contribution in [0.2, 0.25) is 0 Å². The van der Waals surface area contributed by atoms with Crippen LogP contribution < -0.4 is 16.0 Å². The summed E-state index contributed by atoms with van der Waals surface area (Å²) in [4.78, 5) is 15.6. The first-order valence-electron chi connectivity index (χ1n) is 7.88. The lowest BCUT2D eigenvalue weighted by Crippen LogP contribution is -2.42. The fourth-order valence-corrected chi connectivity index (χ4v) is 1.56. The Balaban J connectivity index is 3.64. The van der Waals surface area contributed by atoms with E-state index in [1.807, 2.05) is 27.7 Å². The molecule has 0 bridgehead atoms. The highest BCUT2D eigenvalue weighted by Crippen LogP contribution is 2.05. The number of rotatable bonds is 9. The van der Waals surface area contributed by atoms with Crippen molar-refractivity contribution in [2.24, 2.45) is 4.99 Å². The zero-order valence-corrected chi connectivity index (χ0v) is 14.6. The van der Waals surface area contributed by atoms with Crippen LogP contribution in [0.1, 0.15) is 40.5 Å². The first-order chi connectivity index (χ1) is 10.4. The highest BCUT2D eigenvalue weighted by Gasteiger charge is 2.15. The van der Waals surface area contributed by atoms with Gasteiger partial charge in [0.25, 0.3) is 0 Å². The van der Waals surface area contributed by atoms with Crippen molar-refractivity contribution in [3.63, 3.8) is 0 Å². The molecule has 0 aliphatic heterocycles. The molecule has 0 aromatic rings. The average Bonchev–Trinajstić information content (AvgIpc) is 2.43. The van der Waals surface area contributed by atoms with Crippen molar-refractivity contribution in [1.82, 2.24) is 16.0 Å². The van der Waals surface area contributed by atoms with Gasteiger partial charge in [0.1, 0.15) is 5.60 Å². The van der Waals surface area contributed by atoms with Crippen LogP contribution in [-0.4, -0.2) is 57.5 Å². The number of nitrogens with one attached hydrogen (secondary N) is 3. The molecule has 0 aromatic carbocycles. The number of alkyl carbamates (subject to hydrolysis) is 1. The summed E-state index contributed by atoms with van der Waals surface area (Å²) in [6.45, 7) is 11.0. The molecule has 0 spiro atoms. The van der Waals surface area contributed by atoms with E-state index < -0.39 is 11.7 Å². The van der Waals surface area contributed by atoms with E-state index in [1.165, 1.54) is 0 Å². The Bertz CT molecular complexity index is 327. The second kappa shape index (κ2) is 12.1. The van der Waals surface area contributed by atoms with Gasteiger partial charge in [-0.2, -0.15) is 0 Å². The summed E-state index contributed by atoms with van der Waals surface area (Å²) in [5.41, 5.74) is -0.476. The molecule has 0 radical (unpaired) electrons. The summed E-state index contributed by atoms with van der Waals surface area (Å²) in [5.74, 6) is 0.724. The molecule has 0 saturated carbocycles. The largest absolute Gasteiger partial charge is 0.444 e. The zero-order valence-electron chi connectivity index (χ0n) is 14.6. The molecular formula is C15H32N4O3. The van der Waals surface area contributed by atoms with Gasteiger partial charge in [-0.05, 0) is 40.5 Å². The highest BCUT2D eigenvalue weighted by molar-refractivity contribution is 5.79. The second-order valence-corrected chi connectivity index (χ2v) is 5.76. The molecule has 7 nitrogen and oxygen atoms in total. The Kier molecular flexibility index (Phi) is 11.3. The van der Waals surface area contributed by atoms with Gasteiger partial charge in [0, 0.05) is 39.9 Å². The molecule has 22 heavy (non-hydrogen) atoms. The number of carbonyl (C=O) groups excluding carboxylic acids is 1. The van der Waals surface area contributed by atoms with E-state index in [0.29, 0.717) is 13.1 Å². The van der Waals surface area contributed by atoms with Gasteiger partial charge >= 0.3 is 6.09 Å². The third-order valence-electron chi connectivity index (χ3n) is 2.52. The Hall–Kier alpha value is -1.50. The number of guanidine groups is 1. The monoisotopic (exact) mass is 316 g/mol. The number of ether oxygens (including phenoxy) is 2. The minimum absolute atomic E-state index is 0.409. The standard InChI is InChI=1S/C15H32N4O3/c1-6-21-12-8-7-9-17-13(16-5)18-10-11-19-14(20)22-15(2,3)4/h6-12H2,1-5H3,(H,19,20)(H2,16,17,18). The molecule has 7 heteroatoms. The maximum atomic E-state index is 11.5. The molecule has 0 aliphatic carbocycles. The van der Waals surface area contributed by atoms with Crippen molar-refractivity contribution in [3.05, 3.63) is 0 Å². The Morgan fingerprint density at radius 2 is 1.68 bits per heavy atom. The van der Waals surface area contributed by atoms with Crippen LogP contribution in [-0.2, 0) is 9.47 Å². The SMILES string of the molecule is CCOCCCCNC(=NC)NCCNC(=O)OC(C)(C)C. The number of hydrogen-bond donors (Lipinski definition) is 3. The van der Waals surface area contributed by atoms with Gasteiger partial charge in [0.05, 0.1) is 0 Å². The fourth-order valence-electron chi connectivity index (χ4n) is 1.56. The van der Waals surface area contributed by atoms with E-state index in [-0.39, 0.29) is 0 Å². The molecule has 0 atom stereocenters. The molecule has 0 aliphatic rings. The van der Waals surface area contributed by atoms with E-state index in [2.05, 4.69) is 20.9 Å². The number of hydrogen-bond acceptors (Lipinski definition) is 4. The topological polar surface area (TPSA) is 84.0 Å². The summed E-state index contributed by atoms with van der Waals surface area (Å²) < 4.78 is 10.4. The van der Waals surface area contributed by atoms with Crippen molar-refractivity contribution < 1.29 is 14.3 Å². The summed E-state index contributed by atoms with van der Waals surface area (Å²) >= 11 is 0. The maximum absolute atomic E-state index is 11.5. The van der Waals surface area contributed by atoms with Crippen molar-refractivity contribution in [2.45, 2.75) is 46.1 Å². The van der Waals surface area contributed by atoms with Crippen LogP contribution in [0.3, 0.4) is 0 Å². The Morgan fingerprint density at radius 3 is 2.27 bits per heavy atom. The Labute approximate surface area is 134 Å². The van der Waals surface area contributed by atoms with E-state index in [1.54, 1.807) is 7.05 Å². The molecule has 0 aromatic heterocycles. The van der Waals surface area contributed by atoms with Crippen molar-refractivity contribution >= 4 is 12.1 Å². The number of unbranched alkanes of at least 4 members (excludes halogenated alkanes) is 1. The van der Waals surface area contributed by atoms with Crippen LogP contribution in [0.5, 0.6) is 0 Å². The average molecular weight is 316 g/mol. The lowest BCUT2D eigenvalue weighted by molar-refractivity contribution is 0.0529.